The summed E-state index contributed by atoms with van der Waals surface area (Å²) >= 11 is 0. The Hall–Kier alpha value is -2.13. The highest BCUT2D eigenvalue weighted by Gasteiger charge is 2.13. The number of carbonyl (C=O) groups excluding carboxylic acids is 1. The van der Waals surface area contributed by atoms with E-state index in [1.807, 2.05) is 36.4 Å². The normalized spacial score (nSPS) is 12.8. The number of ether oxygens (including phenoxy) is 2. The summed E-state index contributed by atoms with van der Waals surface area (Å²) in [5, 5.41) is 0. The number of hydrogen-bond donors (Lipinski definition) is 0. The van der Waals surface area contributed by atoms with E-state index in [1.54, 1.807) is 0 Å². The molecule has 2 unspecified atom stereocenters. The number of hydrogen-bond acceptors (Lipinski definition) is 3. The number of unbranched alkanes of at least 4 members (excludes halogenated alkanes) is 12. The average Bonchev–Trinajstić information content (AvgIpc) is 2.98. The maximum Gasteiger partial charge on any atom is 0.343 e. The molecule has 2 aromatic rings. The first kappa shape index (κ1) is 34.1. The van der Waals surface area contributed by atoms with Crippen LogP contribution in [0, 0.1) is 0 Å². The highest BCUT2D eigenvalue weighted by Crippen LogP contribution is 2.29. The van der Waals surface area contributed by atoms with Gasteiger partial charge in [0.25, 0.3) is 0 Å². The Morgan fingerprint density at radius 1 is 0.600 bits per heavy atom. The van der Waals surface area contributed by atoms with Gasteiger partial charge in [-0.3, -0.25) is 0 Å². The van der Waals surface area contributed by atoms with Gasteiger partial charge in [0.15, 0.2) is 0 Å². The molecule has 0 fully saturated rings. The zero-order valence-electron chi connectivity index (χ0n) is 26.2. The SMILES string of the molecule is CCCCCCCCCCCCCCOC(C)c1ccc(C(=O)Oc2ccc(C(CCC)CCCC)cc2)cc1. The van der Waals surface area contributed by atoms with E-state index in [4.69, 9.17) is 9.47 Å². The van der Waals surface area contributed by atoms with Crippen LogP contribution in [0.4, 0.5) is 0 Å². The average molecular weight is 551 g/mol. The third-order valence-electron chi connectivity index (χ3n) is 8.09. The van der Waals surface area contributed by atoms with Gasteiger partial charge in [0.2, 0.25) is 0 Å². The molecule has 3 nitrogen and oxygen atoms in total. The van der Waals surface area contributed by atoms with Crippen molar-refractivity contribution in [3.05, 3.63) is 65.2 Å². The molecular weight excluding hydrogens is 492 g/mol. The van der Waals surface area contributed by atoms with Crippen LogP contribution >= 0.6 is 0 Å². The zero-order valence-corrected chi connectivity index (χ0v) is 26.2. The Morgan fingerprint density at radius 2 is 1.12 bits per heavy atom. The summed E-state index contributed by atoms with van der Waals surface area (Å²) in [7, 11) is 0. The summed E-state index contributed by atoms with van der Waals surface area (Å²) in [6, 6.07) is 15.8. The predicted molar refractivity (Wildman–Crippen MR) is 170 cm³/mol. The van der Waals surface area contributed by atoms with Crippen molar-refractivity contribution >= 4 is 5.97 Å². The van der Waals surface area contributed by atoms with E-state index in [1.165, 1.54) is 108 Å². The minimum absolute atomic E-state index is 0.0223. The highest BCUT2D eigenvalue weighted by atomic mass is 16.5. The van der Waals surface area contributed by atoms with Crippen molar-refractivity contribution in [2.24, 2.45) is 0 Å². The van der Waals surface area contributed by atoms with Crippen molar-refractivity contribution in [2.45, 2.75) is 149 Å². The number of carbonyl (C=O) groups is 1. The molecule has 0 N–H and O–H groups in total. The molecule has 0 spiro atoms. The van der Waals surface area contributed by atoms with Gasteiger partial charge in [-0.1, -0.05) is 135 Å². The largest absolute Gasteiger partial charge is 0.423 e. The summed E-state index contributed by atoms with van der Waals surface area (Å²) in [5.74, 6) is 0.870. The molecular formula is C37H58O3. The van der Waals surface area contributed by atoms with E-state index in [0.717, 1.165) is 18.6 Å². The van der Waals surface area contributed by atoms with Crippen LogP contribution in [0.2, 0.25) is 0 Å². The van der Waals surface area contributed by atoms with E-state index in [9.17, 15) is 4.79 Å². The second-order valence-electron chi connectivity index (χ2n) is 11.6. The highest BCUT2D eigenvalue weighted by molar-refractivity contribution is 5.91. The molecule has 0 heterocycles. The van der Waals surface area contributed by atoms with Crippen molar-refractivity contribution in [2.75, 3.05) is 6.61 Å². The summed E-state index contributed by atoms with van der Waals surface area (Å²) < 4.78 is 11.7. The molecule has 0 radical (unpaired) electrons. The van der Waals surface area contributed by atoms with E-state index in [2.05, 4.69) is 39.8 Å². The van der Waals surface area contributed by atoms with Crippen LogP contribution in [0.15, 0.2) is 48.5 Å². The van der Waals surface area contributed by atoms with Crippen molar-refractivity contribution in [3.8, 4) is 5.75 Å². The lowest BCUT2D eigenvalue weighted by atomic mass is 9.90. The molecule has 2 rings (SSSR count). The van der Waals surface area contributed by atoms with Crippen LogP contribution in [-0.2, 0) is 4.74 Å². The second kappa shape index (κ2) is 21.6. The molecule has 0 amide bonds. The van der Waals surface area contributed by atoms with Gasteiger partial charge < -0.3 is 9.47 Å². The van der Waals surface area contributed by atoms with Gasteiger partial charge in [-0.25, -0.2) is 4.79 Å². The number of esters is 1. The molecule has 224 valence electrons. The smallest absolute Gasteiger partial charge is 0.343 e. The fourth-order valence-corrected chi connectivity index (χ4v) is 5.44. The molecule has 0 bridgehead atoms. The molecule has 2 aromatic carbocycles. The van der Waals surface area contributed by atoms with E-state index >= 15 is 0 Å². The van der Waals surface area contributed by atoms with Crippen LogP contribution in [0.5, 0.6) is 5.75 Å². The van der Waals surface area contributed by atoms with E-state index < -0.39 is 0 Å². The van der Waals surface area contributed by atoms with Crippen molar-refractivity contribution in [3.63, 3.8) is 0 Å². The summed E-state index contributed by atoms with van der Waals surface area (Å²) in [6.07, 6.45) is 22.3. The first-order valence-electron chi connectivity index (χ1n) is 16.6. The predicted octanol–water partition coefficient (Wildman–Crippen LogP) is 11.8. The third-order valence-corrected chi connectivity index (χ3v) is 8.09. The minimum atomic E-state index is -0.319. The number of rotatable bonds is 23. The van der Waals surface area contributed by atoms with Gasteiger partial charge in [0.1, 0.15) is 5.75 Å². The molecule has 40 heavy (non-hydrogen) atoms. The standard InChI is InChI=1S/C37H58O3/c1-5-8-10-11-12-13-14-15-16-17-18-19-30-39-31(4)32-22-24-35(25-23-32)37(38)40-36-28-26-34(27-29-36)33(20-7-3)21-9-6-2/h22-29,31,33H,5-21,30H2,1-4H3. The summed E-state index contributed by atoms with van der Waals surface area (Å²) in [6.45, 7) is 9.64. The van der Waals surface area contributed by atoms with Crippen molar-refractivity contribution in [1.29, 1.82) is 0 Å². The topological polar surface area (TPSA) is 35.5 Å². The van der Waals surface area contributed by atoms with Crippen LogP contribution in [-0.4, -0.2) is 12.6 Å². The van der Waals surface area contributed by atoms with Gasteiger partial charge in [-0.2, -0.15) is 0 Å². The lowest BCUT2D eigenvalue weighted by Crippen LogP contribution is -2.09. The van der Waals surface area contributed by atoms with E-state index in [0.29, 0.717) is 17.2 Å². The molecule has 0 aliphatic rings. The molecule has 0 saturated carbocycles. The molecule has 3 heteroatoms. The zero-order chi connectivity index (χ0) is 28.8. The summed E-state index contributed by atoms with van der Waals surface area (Å²) in [4.78, 5) is 12.7. The molecule has 0 aliphatic heterocycles. The van der Waals surface area contributed by atoms with Gasteiger partial charge in [0.05, 0.1) is 11.7 Å². The quantitative estimate of drug-likeness (QED) is 0.0784. The first-order valence-corrected chi connectivity index (χ1v) is 16.6. The van der Waals surface area contributed by atoms with Gasteiger partial charge in [0, 0.05) is 6.61 Å². The second-order valence-corrected chi connectivity index (χ2v) is 11.6. The van der Waals surface area contributed by atoms with Gasteiger partial charge in [-0.15, -0.1) is 0 Å². The molecule has 2 atom stereocenters. The molecule has 0 aliphatic carbocycles. The summed E-state index contributed by atoms with van der Waals surface area (Å²) in [5.41, 5.74) is 3.00. The Morgan fingerprint density at radius 3 is 1.68 bits per heavy atom. The lowest BCUT2D eigenvalue weighted by molar-refractivity contribution is 0.0626. The number of benzene rings is 2. The van der Waals surface area contributed by atoms with Crippen molar-refractivity contribution < 1.29 is 14.3 Å². The third kappa shape index (κ3) is 14.0. The first-order chi connectivity index (χ1) is 19.6. The van der Waals surface area contributed by atoms with Crippen LogP contribution in [0.1, 0.15) is 170 Å². The Bertz CT molecular complexity index is 887. The van der Waals surface area contributed by atoms with Crippen LogP contribution in [0.25, 0.3) is 0 Å². The Kier molecular flexibility index (Phi) is 18.4. The fraction of sp³-hybridized carbons (Fsp3) is 0.649. The monoisotopic (exact) mass is 550 g/mol. The maximum absolute atomic E-state index is 12.7. The molecule has 0 saturated heterocycles. The van der Waals surface area contributed by atoms with Crippen LogP contribution in [0.3, 0.4) is 0 Å². The van der Waals surface area contributed by atoms with Gasteiger partial charge in [-0.05, 0) is 67.5 Å². The Balaban J connectivity index is 1.64. The molecule has 0 aromatic heterocycles. The Labute approximate surface area is 246 Å². The van der Waals surface area contributed by atoms with Crippen LogP contribution < -0.4 is 4.74 Å². The minimum Gasteiger partial charge on any atom is -0.423 e. The fourth-order valence-electron chi connectivity index (χ4n) is 5.44. The van der Waals surface area contributed by atoms with Crippen molar-refractivity contribution in [1.82, 2.24) is 0 Å². The van der Waals surface area contributed by atoms with Gasteiger partial charge >= 0.3 is 5.97 Å². The lowest BCUT2D eigenvalue weighted by Gasteiger charge is -2.17. The van der Waals surface area contributed by atoms with E-state index in [-0.39, 0.29) is 12.1 Å². The maximum atomic E-state index is 12.7.